The smallest absolute Gasteiger partial charge is 0.294 e. The summed E-state index contributed by atoms with van der Waals surface area (Å²) in [6.45, 7) is -0.213. The highest BCUT2D eigenvalue weighted by molar-refractivity contribution is 8.18. The fourth-order valence-electron chi connectivity index (χ4n) is 2.87. The minimum atomic E-state index is -0.611. The second-order valence-corrected chi connectivity index (χ2v) is 8.23. The van der Waals surface area contributed by atoms with Gasteiger partial charge in [-0.2, -0.15) is 11.8 Å². The zero-order chi connectivity index (χ0) is 19.0. The van der Waals surface area contributed by atoms with E-state index in [2.05, 4.69) is 5.32 Å². The van der Waals surface area contributed by atoms with Gasteiger partial charge < -0.3 is 19.9 Å². The maximum absolute atomic E-state index is 12.5. The molecule has 3 aliphatic heterocycles. The van der Waals surface area contributed by atoms with Gasteiger partial charge in [0.1, 0.15) is 6.54 Å². The van der Waals surface area contributed by atoms with Crippen molar-refractivity contribution >= 4 is 46.7 Å². The van der Waals surface area contributed by atoms with Gasteiger partial charge in [-0.15, -0.1) is 0 Å². The largest absolute Gasteiger partial charge is 0.454 e. The highest BCUT2D eigenvalue weighted by atomic mass is 32.2. The first kappa shape index (κ1) is 18.2. The average Bonchev–Trinajstić information content (AvgIpc) is 3.32. The Morgan fingerprint density at radius 3 is 2.89 bits per heavy atom. The Morgan fingerprint density at radius 2 is 2.11 bits per heavy atom. The highest BCUT2D eigenvalue weighted by Gasteiger charge is 2.37. The molecule has 3 amide bonds. The molecule has 3 aliphatic rings. The lowest BCUT2D eigenvalue weighted by molar-refractivity contribution is -0.129. The molecule has 4 rings (SSSR count). The molecule has 8 nitrogen and oxygen atoms in total. The summed E-state index contributed by atoms with van der Waals surface area (Å²) in [7, 11) is 0. The number of nitrogens with one attached hydrogen (secondary N) is 1. The van der Waals surface area contributed by atoms with E-state index < -0.39 is 23.2 Å². The van der Waals surface area contributed by atoms with Crippen molar-refractivity contribution in [3.05, 3.63) is 28.7 Å². The summed E-state index contributed by atoms with van der Waals surface area (Å²) < 4.78 is 10.5. The number of aliphatic hydroxyl groups excluding tert-OH is 1. The third-order valence-electron chi connectivity index (χ3n) is 4.27. The molecule has 2 saturated heterocycles. The van der Waals surface area contributed by atoms with Crippen LogP contribution in [0, 0.1) is 0 Å². The highest BCUT2D eigenvalue weighted by Crippen LogP contribution is 2.36. The first-order valence-electron chi connectivity index (χ1n) is 8.21. The number of ether oxygens (including phenoxy) is 2. The van der Waals surface area contributed by atoms with E-state index in [-0.39, 0.29) is 24.3 Å². The summed E-state index contributed by atoms with van der Waals surface area (Å²) in [6.07, 6.45) is 0.974. The molecular formula is C17H16N2O6S2. The standard InChI is InChI=1S/C17H16N2O6S2/c20-11-7-26-6-10(11)18-15(21)5-19-16(22)14(27-17(19)23)4-9-1-2-12-13(3-9)25-8-24-12/h1-4,10-11,20H,5-8H2,(H,18,21)/b14-4-/t10-,11+/m1/s1. The van der Waals surface area contributed by atoms with Crippen LogP contribution in [0.5, 0.6) is 11.5 Å². The number of amides is 3. The fourth-order valence-corrected chi connectivity index (χ4v) is 4.88. The van der Waals surface area contributed by atoms with Crippen molar-refractivity contribution < 1.29 is 29.0 Å². The fraction of sp³-hybridized carbons (Fsp3) is 0.353. The summed E-state index contributed by atoms with van der Waals surface area (Å²) in [5.74, 6) is 1.40. The van der Waals surface area contributed by atoms with Gasteiger partial charge in [0.15, 0.2) is 11.5 Å². The summed E-state index contributed by atoms with van der Waals surface area (Å²) in [5.41, 5.74) is 0.695. The van der Waals surface area contributed by atoms with Crippen molar-refractivity contribution in [2.45, 2.75) is 12.1 Å². The number of nitrogens with zero attached hydrogens (tertiary/aromatic N) is 1. The molecule has 0 aromatic heterocycles. The van der Waals surface area contributed by atoms with Crippen LogP contribution in [0.2, 0.25) is 0 Å². The summed E-state index contributed by atoms with van der Waals surface area (Å²) in [6, 6.07) is 4.86. The monoisotopic (exact) mass is 408 g/mol. The Labute approximate surface area is 163 Å². The van der Waals surface area contributed by atoms with Gasteiger partial charge in [-0.3, -0.25) is 19.3 Å². The molecule has 142 valence electrons. The molecule has 3 heterocycles. The zero-order valence-electron chi connectivity index (χ0n) is 14.0. The minimum Gasteiger partial charge on any atom is -0.454 e. The maximum Gasteiger partial charge on any atom is 0.294 e. The molecular weight excluding hydrogens is 392 g/mol. The molecule has 2 N–H and O–H groups in total. The number of rotatable bonds is 4. The van der Waals surface area contributed by atoms with Crippen molar-refractivity contribution in [1.82, 2.24) is 10.2 Å². The molecule has 27 heavy (non-hydrogen) atoms. The Morgan fingerprint density at radius 1 is 1.30 bits per heavy atom. The molecule has 2 fully saturated rings. The van der Waals surface area contributed by atoms with E-state index in [1.165, 1.54) is 0 Å². The summed E-state index contributed by atoms with van der Waals surface area (Å²) in [5, 5.41) is 11.9. The van der Waals surface area contributed by atoms with Crippen LogP contribution in [-0.2, 0) is 9.59 Å². The zero-order valence-corrected chi connectivity index (χ0v) is 15.7. The Bertz CT molecular complexity index is 843. The molecule has 0 radical (unpaired) electrons. The van der Waals surface area contributed by atoms with Crippen LogP contribution in [0.1, 0.15) is 5.56 Å². The van der Waals surface area contributed by atoms with Crippen molar-refractivity contribution in [3.63, 3.8) is 0 Å². The van der Waals surface area contributed by atoms with Gasteiger partial charge >= 0.3 is 0 Å². The molecule has 0 aliphatic carbocycles. The Balaban J connectivity index is 1.43. The van der Waals surface area contributed by atoms with Gasteiger partial charge in [0.25, 0.3) is 11.1 Å². The van der Waals surface area contributed by atoms with E-state index in [1.54, 1.807) is 36.0 Å². The lowest BCUT2D eigenvalue weighted by Gasteiger charge is -2.18. The second-order valence-electron chi connectivity index (χ2n) is 6.16. The van der Waals surface area contributed by atoms with E-state index in [9.17, 15) is 19.5 Å². The predicted octanol–water partition coefficient (Wildman–Crippen LogP) is 1.04. The van der Waals surface area contributed by atoms with Crippen LogP contribution in [0.15, 0.2) is 23.1 Å². The van der Waals surface area contributed by atoms with E-state index in [0.717, 1.165) is 16.7 Å². The molecule has 2 atom stereocenters. The van der Waals surface area contributed by atoms with Gasteiger partial charge in [0, 0.05) is 11.5 Å². The number of aliphatic hydroxyl groups is 1. The Hall–Kier alpha value is -2.17. The first-order chi connectivity index (χ1) is 13.0. The van der Waals surface area contributed by atoms with Crippen LogP contribution in [0.4, 0.5) is 4.79 Å². The third kappa shape index (κ3) is 3.78. The van der Waals surface area contributed by atoms with Crippen LogP contribution in [0.25, 0.3) is 6.08 Å². The van der Waals surface area contributed by atoms with Gasteiger partial charge in [-0.25, -0.2) is 0 Å². The van der Waals surface area contributed by atoms with Gasteiger partial charge in [0.05, 0.1) is 17.1 Å². The Kier molecular flexibility index (Phi) is 5.02. The van der Waals surface area contributed by atoms with Crippen molar-refractivity contribution in [2.24, 2.45) is 0 Å². The van der Waals surface area contributed by atoms with Crippen LogP contribution in [-0.4, -0.2) is 64.0 Å². The summed E-state index contributed by atoms with van der Waals surface area (Å²) >= 11 is 2.33. The number of hydrogen-bond acceptors (Lipinski definition) is 8. The van der Waals surface area contributed by atoms with Crippen molar-refractivity contribution in [1.29, 1.82) is 0 Å². The molecule has 1 aromatic rings. The van der Waals surface area contributed by atoms with Crippen molar-refractivity contribution in [3.8, 4) is 11.5 Å². The average molecular weight is 408 g/mol. The molecule has 0 spiro atoms. The van der Waals surface area contributed by atoms with Gasteiger partial charge in [-0.05, 0) is 35.5 Å². The van der Waals surface area contributed by atoms with E-state index in [4.69, 9.17) is 9.47 Å². The number of hydrogen-bond donors (Lipinski definition) is 2. The van der Waals surface area contributed by atoms with Crippen LogP contribution >= 0.6 is 23.5 Å². The first-order valence-corrected chi connectivity index (χ1v) is 10.2. The quantitative estimate of drug-likeness (QED) is 0.712. The molecule has 0 bridgehead atoms. The number of carbonyl (C=O) groups is 3. The lowest BCUT2D eigenvalue weighted by Crippen LogP contribution is -2.47. The maximum atomic E-state index is 12.5. The number of fused-ring (bicyclic) bond motifs is 1. The molecule has 1 aromatic carbocycles. The number of benzene rings is 1. The van der Waals surface area contributed by atoms with Crippen molar-refractivity contribution in [2.75, 3.05) is 24.8 Å². The van der Waals surface area contributed by atoms with Crippen LogP contribution < -0.4 is 14.8 Å². The summed E-state index contributed by atoms with van der Waals surface area (Å²) in [4.78, 5) is 38.0. The molecule has 0 saturated carbocycles. The van der Waals surface area contributed by atoms with E-state index in [1.807, 2.05) is 0 Å². The van der Waals surface area contributed by atoms with Crippen LogP contribution in [0.3, 0.4) is 0 Å². The van der Waals surface area contributed by atoms with E-state index in [0.29, 0.717) is 28.6 Å². The SMILES string of the molecule is O=C(CN1C(=O)S/C(=C\c2ccc3c(c2)OCO3)C1=O)N[C@@H]1CSC[C@@H]1O. The van der Waals surface area contributed by atoms with Gasteiger partial charge in [-0.1, -0.05) is 6.07 Å². The topological polar surface area (TPSA) is 105 Å². The van der Waals surface area contributed by atoms with Gasteiger partial charge in [0.2, 0.25) is 12.7 Å². The molecule has 10 heteroatoms. The predicted molar refractivity (Wildman–Crippen MR) is 101 cm³/mol. The molecule has 0 unspecified atom stereocenters. The minimum absolute atomic E-state index is 0.151. The number of imide groups is 1. The van der Waals surface area contributed by atoms with E-state index >= 15 is 0 Å². The number of carbonyl (C=O) groups excluding carboxylic acids is 3. The second kappa shape index (κ2) is 7.45. The third-order valence-corrected chi connectivity index (χ3v) is 6.35. The number of thioether (sulfide) groups is 2. The lowest BCUT2D eigenvalue weighted by atomic mass is 10.2. The normalized spacial score (nSPS) is 25.5.